The predicted octanol–water partition coefficient (Wildman–Crippen LogP) is 4.11. The average molecular weight is 358 g/mol. The summed E-state index contributed by atoms with van der Waals surface area (Å²) >= 11 is 0. The summed E-state index contributed by atoms with van der Waals surface area (Å²) in [5.41, 5.74) is 4.72. The highest BCUT2D eigenvalue weighted by Gasteiger charge is 2.16. The van der Waals surface area contributed by atoms with Gasteiger partial charge in [-0.25, -0.2) is 4.98 Å². The fourth-order valence-corrected chi connectivity index (χ4v) is 3.23. The van der Waals surface area contributed by atoms with Crippen LogP contribution in [0, 0.1) is 11.3 Å². The molecule has 0 amide bonds. The van der Waals surface area contributed by atoms with Crippen LogP contribution in [0.15, 0.2) is 53.3 Å². The molecule has 0 spiro atoms. The smallest absolute Gasteiger partial charge is 0.219 e. The van der Waals surface area contributed by atoms with Crippen LogP contribution < -0.4 is 0 Å². The van der Waals surface area contributed by atoms with E-state index in [1.54, 1.807) is 18.3 Å². The van der Waals surface area contributed by atoms with Gasteiger partial charge < -0.3 is 9.52 Å². The van der Waals surface area contributed by atoms with Gasteiger partial charge in [-0.05, 0) is 18.1 Å². The van der Waals surface area contributed by atoms with Gasteiger partial charge in [0.05, 0.1) is 23.7 Å². The summed E-state index contributed by atoms with van der Waals surface area (Å²) in [6.45, 7) is 2.09. The second-order valence-electron chi connectivity index (χ2n) is 6.36. The zero-order valence-electron chi connectivity index (χ0n) is 14.9. The van der Waals surface area contributed by atoms with Gasteiger partial charge in [0.15, 0.2) is 11.4 Å². The SMILES string of the molecule is CCCc1nc2ccnn2c(O)c1Cc1ccc(-c2occc2C#N)cc1. The average Bonchev–Trinajstić information content (AvgIpc) is 3.34. The number of aromatic nitrogens is 3. The van der Waals surface area contributed by atoms with Crippen LogP contribution in [0.3, 0.4) is 0 Å². The van der Waals surface area contributed by atoms with Crippen molar-refractivity contribution in [2.45, 2.75) is 26.2 Å². The molecule has 4 aromatic rings. The lowest BCUT2D eigenvalue weighted by atomic mass is 10.00. The first kappa shape index (κ1) is 16.9. The molecule has 0 radical (unpaired) electrons. The Morgan fingerprint density at radius 3 is 2.74 bits per heavy atom. The molecule has 134 valence electrons. The molecular formula is C21H18N4O2. The number of aryl methyl sites for hydroxylation is 1. The lowest BCUT2D eigenvalue weighted by molar-refractivity contribution is 0.427. The summed E-state index contributed by atoms with van der Waals surface area (Å²) in [5.74, 6) is 0.702. The van der Waals surface area contributed by atoms with E-state index in [2.05, 4.69) is 23.1 Å². The summed E-state index contributed by atoms with van der Waals surface area (Å²) in [6, 6.07) is 13.4. The molecule has 1 N–H and O–H groups in total. The minimum Gasteiger partial charge on any atom is -0.493 e. The fraction of sp³-hybridized carbons (Fsp3) is 0.190. The molecule has 0 fully saturated rings. The molecule has 3 heterocycles. The number of hydrogen-bond donors (Lipinski definition) is 1. The molecule has 0 aliphatic rings. The zero-order chi connectivity index (χ0) is 18.8. The van der Waals surface area contributed by atoms with E-state index < -0.39 is 0 Å². The van der Waals surface area contributed by atoms with Crippen LogP contribution in [0.25, 0.3) is 17.0 Å². The summed E-state index contributed by atoms with van der Waals surface area (Å²) < 4.78 is 6.89. The number of benzene rings is 1. The maximum atomic E-state index is 10.7. The maximum absolute atomic E-state index is 10.7. The molecular weight excluding hydrogens is 340 g/mol. The van der Waals surface area contributed by atoms with E-state index in [4.69, 9.17) is 9.68 Å². The van der Waals surface area contributed by atoms with Crippen molar-refractivity contribution in [3.8, 4) is 23.3 Å². The first-order valence-electron chi connectivity index (χ1n) is 8.82. The lowest BCUT2D eigenvalue weighted by Crippen LogP contribution is -2.05. The van der Waals surface area contributed by atoms with Crippen molar-refractivity contribution in [2.75, 3.05) is 0 Å². The highest BCUT2D eigenvalue weighted by molar-refractivity contribution is 5.65. The van der Waals surface area contributed by atoms with Crippen molar-refractivity contribution in [1.29, 1.82) is 5.26 Å². The van der Waals surface area contributed by atoms with Crippen molar-refractivity contribution in [2.24, 2.45) is 0 Å². The zero-order valence-corrected chi connectivity index (χ0v) is 14.9. The van der Waals surface area contributed by atoms with Crippen LogP contribution in [0.2, 0.25) is 0 Å². The van der Waals surface area contributed by atoms with E-state index in [-0.39, 0.29) is 5.88 Å². The van der Waals surface area contributed by atoms with Gasteiger partial charge in [-0.15, -0.1) is 0 Å². The van der Waals surface area contributed by atoms with Crippen LogP contribution in [-0.2, 0) is 12.8 Å². The Morgan fingerprint density at radius 1 is 1.19 bits per heavy atom. The number of nitriles is 1. The van der Waals surface area contributed by atoms with E-state index >= 15 is 0 Å². The normalized spacial score (nSPS) is 11.0. The maximum Gasteiger partial charge on any atom is 0.219 e. The monoisotopic (exact) mass is 358 g/mol. The molecule has 6 nitrogen and oxygen atoms in total. The van der Waals surface area contributed by atoms with E-state index in [0.29, 0.717) is 23.4 Å². The molecule has 0 aliphatic carbocycles. The molecule has 4 rings (SSSR count). The van der Waals surface area contributed by atoms with Crippen LogP contribution >= 0.6 is 0 Å². The second kappa shape index (κ2) is 6.96. The number of rotatable bonds is 5. The molecule has 0 aliphatic heterocycles. The standard InChI is InChI=1S/C21H18N4O2/c1-2-3-18-17(21(26)25-19(24-18)8-10-23-25)12-14-4-6-15(7-5-14)20-16(13-22)9-11-27-20/h4-11,26H,2-3,12H2,1H3. The Hall–Kier alpha value is -3.59. The Labute approximate surface area is 156 Å². The van der Waals surface area contributed by atoms with Crippen LogP contribution in [0.5, 0.6) is 5.88 Å². The Morgan fingerprint density at radius 2 is 2.00 bits per heavy atom. The predicted molar refractivity (Wildman–Crippen MR) is 100 cm³/mol. The van der Waals surface area contributed by atoms with Gasteiger partial charge >= 0.3 is 0 Å². The minimum atomic E-state index is 0.135. The third-order valence-electron chi connectivity index (χ3n) is 4.56. The molecule has 3 aromatic heterocycles. The van der Waals surface area contributed by atoms with Gasteiger partial charge in [-0.3, -0.25) is 0 Å². The third kappa shape index (κ3) is 3.04. The highest BCUT2D eigenvalue weighted by atomic mass is 16.3. The number of nitrogens with zero attached hydrogens (tertiary/aromatic N) is 4. The van der Waals surface area contributed by atoms with E-state index in [9.17, 15) is 5.11 Å². The largest absolute Gasteiger partial charge is 0.493 e. The van der Waals surface area contributed by atoms with Crippen LogP contribution in [-0.4, -0.2) is 19.7 Å². The van der Waals surface area contributed by atoms with Crippen molar-refractivity contribution in [3.05, 3.63) is 71.2 Å². The molecule has 0 atom stereocenters. The molecule has 0 saturated carbocycles. The molecule has 6 heteroatoms. The summed E-state index contributed by atoms with van der Waals surface area (Å²) in [4.78, 5) is 4.65. The highest BCUT2D eigenvalue weighted by Crippen LogP contribution is 2.28. The van der Waals surface area contributed by atoms with Gasteiger partial charge in [0.2, 0.25) is 5.88 Å². The first-order valence-corrected chi connectivity index (χ1v) is 8.82. The van der Waals surface area contributed by atoms with Gasteiger partial charge in [-0.2, -0.15) is 14.9 Å². The van der Waals surface area contributed by atoms with Crippen LogP contribution in [0.4, 0.5) is 0 Å². The molecule has 0 saturated heterocycles. The number of hydrogen-bond acceptors (Lipinski definition) is 5. The third-order valence-corrected chi connectivity index (χ3v) is 4.56. The summed E-state index contributed by atoms with van der Waals surface area (Å²) in [7, 11) is 0. The van der Waals surface area contributed by atoms with Gasteiger partial charge in [0.25, 0.3) is 0 Å². The lowest BCUT2D eigenvalue weighted by Gasteiger charge is -2.12. The van der Waals surface area contributed by atoms with Crippen molar-refractivity contribution in [1.82, 2.24) is 14.6 Å². The molecule has 1 aromatic carbocycles. The molecule has 27 heavy (non-hydrogen) atoms. The quantitative estimate of drug-likeness (QED) is 0.580. The van der Waals surface area contributed by atoms with E-state index in [1.165, 1.54) is 10.8 Å². The van der Waals surface area contributed by atoms with Crippen molar-refractivity contribution < 1.29 is 9.52 Å². The van der Waals surface area contributed by atoms with Gasteiger partial charge in [0.1, 0.15) is 6.07 Å². The summed E-state index contributed by atoms with van der Waals surface area (Å²) in [6.07, 6.45) is 5.43. The Balaban J connectivity index is 1.69. The van der Waals surface area contributed by atoms with Crippen LogP contribution in [0.1, 0.15) is 35.7 Å². The van der Waals surface area contributed by atoms with E-state index in [0.717, 1.165) is 35.2 Å². The first-order chi connectivity index (χ1) is 13.2. The summed E-state index contributed by atoms with van der Waals surface area (Å²) in [5, 5.41) is 24.0. The Bertz CT molecular complexity index is 1130. The minimum absolute atomic E-state index is 0.135. The number of fused-ring (bicyclic) bond motifs is 1. The number of aromatic hydroxyl groups is 1. The van der Waals surface area contributed by atoms with Gasteiger partial charge in [-0.1, -0.05) is 37.6 Å². The second-order valence-corrected chi connectivity index (χ2v) is 6.36. The molecule has 0 unspecified atom stereocenters. The number of furan rings is 1. The molecule has 0 bridgehead atoms. The van der Waals surface area contributed by atoms with Gasteiger partial charge in [0, 0.05) is 23.6 Å². The van der Waals surface area contributed by atoms with Crippen molar-refractivity contribution in [3.63, 3.8) is 0 Å². The fourth-order valence-electron chi connectivity index (χ4n) is 3.23. The topological polar surface area (TPSA) is 87.3 Å². The van der Waals surface area contributed by atoms with Crippen molar-refractivity contribution >= 4 is 5.65 Å². The Kier molecular flexibility index (Phi) is 4.35. The van der Waals surface area contributed by atoms with E-state index in [1.807, 2.05) is 24.3 Å².